The van der Waals surface area contributed by atoms with Gasteiger partial charge in [-0.25, -0.2) is 4.79 Å². The molecule has 1 aliphatic heterocycles. The predicted molar refractivity (Wildman–Crippen MR) is 71.7 cm³/mol. The van der Waals surface area contributed by atoms with E-state index in [1.807, 2.05) is 37.3 Å². The van der Waals surface area contributed by atoms with Gasteiger partial charge in [-0.2, -0.15) is 0 Å². The summed E-state index contributed by atoms with van der Waals surface area (Å²) in [5.74, 6) is -0.421. The molecular formula is C14H18N2O3. The first-order valence-corrected chi connectivity index (χ1v) is 6.20. The molecule has 1 unspecified atom stereocenters. The van der Waals surface area contributed by atoms with Crippen LogP contribution in [0.3, 0.4) is 0 Å². The Morgan fingerprint density at radius 2 is 2.21 bits per heavy atom. The van der Waals surface area contributed by atoms with E-state index in [4.69, 9.17) is 15.3 Å². The fraction of sp³-hybridized carbons (Fsp3) is 0.429. The molecule has 2 atom stereocenters. The minimum absolute atomic E-state index is 0.234. The summed E-state index contributed by atoms with van der Waals surface area (Å²) >= 11 is 0. The van der Waals surface area contributed by atoms with E-state index in [0.717, 1.165) is 5.56 Å². The molecule has 0 radical (unpaired) electrons. The van der Waals surface area contributed by atoms with Gasteiger partial charge in [-0.3, -0.25) is 0 Å². The van der Waals surface area contributed by atoms with E-state index >= 15 is 0 Å². The van der Waals surface area contributed by atoms with E-state index in [1.54, 1.807) is 0 Å². The van der Waals surface area contributed by atoms with Crippen molar-refractivity contribution >= 4 is 11.7 Å². The Morgan fingerprint density at radius 3 is 2.74 bits per heavy atom. The van der Waals surface area contributed by atoms with Crippen LogP contribution in [0, 0.1) is 0 Å². The average Bonchev–Trinajstić information content (AvgIpc) is 2.84. The second kappa shape index (κ2) is 5.40. The number of esters is 1. The first kappa shape index (κ1) is 13.5. The summed E-state index contributed by atoms with van der Waals surface area (Å²) in [6.45, 7) is 1.82. The molecule has 1 aromatic carbocycles. The molecule has 0 amide bonds. The molecule has 0 saturated heterocycles. The average molecular weight is 262 g/mol. The number of nitrogens with two attached hydrogens (primary N) is 1. The first-order chi connectivity index (χ1) is 9.07. The number of ether oxygens (including phenoxy) is 1. The van der Waals surface area contributed by atoms with E-state index in [9.17, 15) is 4.79 Å². The highest BCUT2D eigenvalue weighted by Crippen LogP contribution is 2.30. The molecule has 102 valence electrons. The lowest BCUT2D eigenvalue weighted by Gasteiger charge is -2.23. The maximum absolute atomic E-state index is 12.0. The van der Waals surface area contributed by atoms with Gasteiger partial charge >= 0.3 is 5.97 Å². The van der Waals surface area contributed by atoms with Crippen molar-refractivity contribution in [3.63, 3.8) is 0 Å². The van der Waals surface area contributed by atoms with Gasteiger partial charge in [0.25, 0.3) is 0 Å². The standard InChI is InChI=1S/C14H18N2O3/c1-10(15)12-9-14(19-16-12,13(17)18-2)8-11-6-4-3-5-7-11/h3-7,10H,8-9,15H2,1-2H3/t10-,14?/m0/s1. The van der Waals surface area contributed by atoms with Crippen LogP contribution in [-0.2, 0) is 20.8 Å². The summed E-state index contributed by atoms with van der Waals surface area (Å²) in [6.07, 6.45) is 0.784. The van der Waals surface area contributed by atoms with Crippen molar-refractivity contribution in [1.82, 2.24) is 0 Å². The molecule has 2 N–H and O–H groups in total. The Labute approximate surface area is 112 Å². The quantitative estimate of drug-likeness (QED) is 0.829. The summed E-state index contributed by atoms with van der Waals surface area (Å²) in [7, 11) is 1.35. The minimum Gasteiger partial charge on any atom is -0.466 e. The molecule has 1 aliphatic rings. The van der Waals surface area contributed by atoms with Gasteiger partial charge in [0.1, 0.15) is 0 Å². The second-order valence-electron chi connectivity index (χ2n) is 4.79. The Morgan fingerprint density at radius 1 is 1.53 bits per heavy atom. The number of nitrogens with zero attached hydrogens (tertiary/aromatic N) is 1. The van der Waals surface area contributed by atoms with E-state index in [-0.39, 0.29) is 6.04 Å². The molecule has 0 fully saturated rings. The van der Waals surface area contributed by atoms with Crippen molar-refractivity contribution < 1.29 is 14.4 Å². The lowest BCUT2D eigenvalue weighted by Crippen LogP contribution is -2.43. The number of hydrogen-bond acceptors (Lipinski definition) is 5. The van der Waals surface area contributed by atoms with Crippen molar-refractivity contribution in [3.05, 3.63) is 35.9 Å². The SMILES string of the molecule is COC(=O)C1(Cc2ccccc2)CC([C@H](C)N)=NO1. The van der Waals surface area contributed by atoms with Crippen molar-refractivity contribution in [1.29, 1.82) is 0 Å². The van der Waals surface area contributed by atoms with Crippen LogP contribution >= 0.6 is 0 Å². The van der Waals surface area contributed by atoms with Crippen LogP contribution in [0.4, 0.5) is 0 Å². The van der Waals surface area contributed by atoms with Gasteiger partial charge < -0.3 is 15.3 Å². The molecule has 0 aliphatic carbocycles. The fourth-order valence-corrected chi connectivity index (χ4v) is 2.14. The number of carbonyl (C=O) groups is 1. The summed E-state index contributed by atoms with van der Waals surface area (Å²) in [6, 6.07) is 9.41. The molecule has 0 spiro atoms. The van der Waals surface area contributed by atoms with Gasteiger partial charge in [0.05, 0.1) is 12.8 Å². The molecular weight excluding hydrogens is 244 g/mol. The smallest absolute Gasteiger partial charge is 0.353 e. The number of carbonyl (C=O) groups excluding carboxylic acids is 1. The van der Waals surface area contributed by atoms with Gasteiger partial charge in [-0.1, -0.05) is 35.5 Å². The summed E-state index contributed by atoms with van der Waals surface area (Å²) in [5.41, 5.74) is 6.38. The molecule has 5 heteroatoms. The molecule has 5 nitrogen and oxygen atoms in total. The first-order valence-electron chi connectivity index (χ1n) is 6.20. The van der Waals surface area contributed by atoms with Gasteiger partial charge in [-0.05, 0) is 12.5 Å². The summed E-state index contributed by atoms with van der Waals surface area (Å²) < 4.78 is 4.86. The van der Waals surface area contributed by atoms with E-state index in [1.165, 1.54) is 7.11 Å². The van der Waals surface area contributed by atoms with Crippen LogP contribution in [0.25, 0.3) is 0 Å². The largest absolute Gasteiger partial charge is 0.466 e. The summed E-state index contributed by atoms with van der Waals surface area (Å²) in [4.78, 5) is 17.5. The summed E-state index contributed by atoms with van der Waals surface area (Å²) in [5, 5.41) is 3.94. The third-order valence-electron chi connectivity index (χ3n) is 3.22. The van der Waals surface area contributed by atoms with E-state index < -0.39 is 11.6 Å². The van der Waals surface area contributed by atoms with Crippen molar-refractivity contribution in [3.8, 4) is 0 Å². The normalized spacial score (nSPS) is 23.4. The fourth-order valence-electron chi connectivity index (χ4n) is 2.14. The Kier molecular flexibility index (Phi) is 3.85. The van der Waals surface area contributed by atoms with Crippen molar-refractivity contribution in [2.75, 3.05) is 7.11 Å². The number of benzene rings is 1. The molecule has 0 saturated carbocycles. The zero-order valence-electron chi connectivity index (χ0n) is 11.1. The second-order valence-corrected chi connectivity index (χ2v) is 4.79. The highest BCUT2D eigenvalue weighted by molar-refractivity contribution is 5.96. The van der Waals surface area contributed by atoms with Crippen LogP contribution in [0.1, 0.15) is 18.9 Å². The van der Waals surface area contributed by atoms with Crippen molar-refractivity contribution in [2.45, 2.75) is 31.4 Å². The Hall–Kier alpha value is -1.88. The zero-order chi connectivity index (χ0) is 13.9. The molecule has 1 heterocycles. The molecule has 0 aromatic heterocycles. The molecule has 19 heavy (non-hydrogen) atoms. The lowest BCUT2D eigenvalue weighted by molar-refractivity contribution is -0.166. The van der Waals surface area contributed by atoms with Gasteiger partial charge in [-0.15, -0.1) is 0 Å². The lowest BCUT2D eigenvalue weighted by atomic mass is 9.88. The molecule has 2 rings (SSSR count). The number of rotatable bonds is 4. The maximum atomic E-state index is 12.0. The highest BCUT2D eigenvalue weighted by Gasteiger charge is 2.48. The molecule has 1 aromatic rings. The van der Waals surface area contributed by atoms with Crippen LogP contribution in [0.5, 0.6) is 0 Å². The zero-order valence-corrected chi connectivity index (χ0v) is 11.1. The van der Waals surface area contributed by atoms with Crippen LogP contribution < -0.4 is 5.73 Å². The maximum Gasteiger partial charge on any atom is 0.353 e. The monoisotopic (exact) mass is 262 g/mol. The van der Waals surface area contributed by atoms with Gasteiger partial charge in [0, 0.05) is 18.9 Å². The number of oxime groups is 1. The van der Waals surface area contributed by atoms with Crippen LogP contribution in [0.15, 0.2) is 35.5 Å². The molecule has 0 bridgehead atoms. The third kappa shape index (κ3) is 2.76. The Balaban J connectivity index is 2.22. The van der Waals surface area contributed by atoms with Crippen LogP contribution in [-0.4, -0.2) is 30.4 Å². The van der Waals surface area contributed by atoms with Crippen LogP contribution in [0.2, 0.25) is 0 Å². The third-order valence-corrected chi connectivity index (χ3v) is 3.22. The van der Waals surface area contributed by atoms with Gasteiger partial charge in [0.15, 0.2) is 0 Å². The van der Waals surface area contributed by atoms with E-state index in [2.05, 4.69) is 5.16 Å². The minimum atomic E-state index is -1.08. The number of hydrogen-bond donors (Lipinski definition) is 1. The van der Waals surface area contributed by atoms with E-state index in [0.29, 0.717) is 18.6 Å². The topological polar surface area (TPSA) is 73.9 Å². The Bertz CT molecular complexity index is 485. The van der Waals surface area contributed by atoms with Gasteiger partial charge in [0.2, 0.25) is 5.60 Å². The number of methoxy groups -OCH3 is 1. The predicted octanol–water partition coefficient (Wildman–Crippen LogP) is 1.26. The van der Waals surface area contributed by atoms with Crippen molar-refractivity contribution in [2.24, 2.45) is 10.9 Å². The highest BCUT2D eigenvalue weighted by atomic mass is 16.7.